The van der Waals surface area contributed by atoms with Gasteiger partial charge in [0.2, 0.25) is 10.0 Å². The number of hydrogen-bond donors (Lipinski definition) is 2. The van der Waals surface area contributed by atoms with Crippen LogP contribution in [-0.2, 0) is 20.7 Å². The Morgan fingerprint density at radius 1 is 0.730 bits per heavy atom. The Labute approximate surface area is 225 Å². The summed E-state index contributed by atoms with van der Waals surface area (Å²) in [5.74, 6) is 0.110. The third kappa shape index (κ3) is 12.7. The van der Waals surface area contributed by atoms with Crippen molar-refractivity contribution in [2.24, 2.45) is 0 Å². The summed E-state index contributed by atoms with van der Waals surface area (Å²) in [6.45, 7) is 2.25. The first-order valence-corrected chi connectivity index (χ1v) is 16.5. The Bertz CT molecular complexity index is 1060. The second kappa shape index (κ2) is 17.3. The first-order valence-electron chi connectivity index (χ1n) is 13.6. The van der Waals surface area contributed by atoms with Gasteiger partial charge in [0.25, 0.3) is 5.69 Å². The van der Waals surface area contributed by atoms with Crippen molar-refractivity contribution < 1.29 is 13.3 Å². The van der Waals surface area contributed by atoms with Crippen LogP contribution in [0.5, 0.6) is 0 Å². The zero-order valence-electron chi connectivity index (χ0n) is 22.1. The number of hydrogen-bond acceptors (Lipinski definition) is 5. The van der Waals surface area contributed by atoms with Crippen molar-refractivity contribution in [1.29, 1.82) is 4.78 Å². The molecule has 0 aliphatic carbocycles. The predicted molar refractivity (Wildman–Crippen MR) is 154 cm³/mol. The SMILES string of the molecule is CCCCCCCCCCCCCCCCS(=O)(=O)Nc1ccc(S(=N)c2ccc([N+](=O)[O-])cc2)cc1. The predicted octanol–water partition coefficient (Wildman–Crippen LogP) is 8.62. The van der Waals surface area contributed by atoms with Crippen molar-refractivity contribution in [3.8, 4) is 0 Å². The molecule has 0 amide bonds. The molecule has 7 nitrogen and oxygen atoms in total. The molecular weight excluding hydrogens is 506 g/mol. The number of benzene rings is 2. The Morgan fingerprint density at radius 2 is 1.14 bits per heavy atom. The molecular formula is C28H43N3O4S2. The van der Waals surface area contributed by atoms with Gasteiger partial charge in [0.1, 0.15) is 0 Å². The average molecular weight is 550 g/mol. The lowest BCUT2D eigenvalue weighted by molar-refractivity contribution is -0.384. The smallest absolute Gasteiger partial charge is 0.269 e. The topological polar surface area (TPSA) is 113 Å². The number of rotatable bonds is 20. The van der Waals surface area contributed by atoms with E-state index >= 15 is 0 Å². The summed E-state index contributed by atoms with van der Waals surface area (Å²) >= 11 is 0. The van der Waals surface area contributed by atoms with Crippen molar-refractivity contribution >= 4 is 32.1 Å². The van der Waals surface area contributed by atoms with E-state index in [9.17, 15) is 18.5 Å². The number of nitro benzene ring substituents is 1. The quantitative estimate of drug-likeness (QED) is 0.0977. The first-order chi connectivity index (χ1) is 17.8. The summed E-state index contributed by atoms with van der Waals surface area (Å²) in [4.78, 5) is 11.7. The fourth-order valence-electron chi connectivity index (χ4n) is 4.22. The highest BCUT2D eigenvalue weighted by atomic mass is 32.2. The Balaban J connectivity index is 1.60. The van der Waals surface area contributed by atoms with Crippen LogP contribution in [0, 0.1) is 14.9 Å². The van der Waals surface area contributed by atoms with Crippen LogP contribution in [0.25, 0.3) is 0 Å². The molecule has 0 saturated heterocycles. The lowest BCUT2D eigenvalue weighted by Gasteiger charge is -2.10. The molecule has 0 aliphatic rings. The van der Waals surface area contributed by atoms with E-state index in [0.717, 1.165) is 12.8 Å². The lowest BCUT2D eigenvalue weighted by atomic mass is 10.0. The van der Waals surface area contributed by atoms with Gasteiger partial charge in [-0.3, -0.25) is 19.6 Å². The van der Waals surface area contributed by atoms with Crippen LogP contribution < -0.4 is 4.72 Å². The minimum atomic E-state index is -3.41. The molecule has 2 rings (SSSR count). The van der Waals surface area contributed by atoms with E-state index in [1.54, 1.807) is 36.4 Å². The third-order valence-electron chi connectivity index (χ3n) is 6.41. The van der Waals surface area contributed by atoms with Gasteiger partial charge in [-0.05, 0) is 53.5 Å². The minimum Gasteiger partial charge on any atom is -0.284 e. The van der Waals surface area contributed by atoms with Gasteiger partial charge in [-0.15, -0.1) is 0 Å². The molecule has 0 aromatic heterocycles. The van der Waals surface area contributed by atoms with Crippen molar-refractivity contribution in [2.45, 2.75) is 107 Å². The average Bonchev–Trinajstić information content (AvgIpc) is 2.88. The Hall–Kier alpha value is -2.26. The van der Waals surface area contributed by atoms with Crippen molar-refractivity contribution in [3.05, 3.63) is 58.6 Å². The van der Waals surface area contributed by atoms with Gasteiger partial charge in [0, 0.05) is 27.6 Å². The summed E-state index contributed by atoms with van der Waals surface area (Å²) in [7, 11) is -4.42. The van der Waals surface area contributed by atoms with E-state index in [-0.39, 0.29) is 11.4 Å². The molecule has 1 atom stereocenters. The fourth-order valence-corrected chi connectivity index (χ4v) is 6.49. The number of nitrogens with zero attached hydrogens (tertiary/aromatic N) is 1. The number of unbranched alkanes of at least 4 members (excludes halogenated alkanes) is 13. The summed E-state index contributed by atoms with van der Waals surface area (Å²) in [6, 6.07) is 12.7. The number of non-ortho nitro benzene ring substituents is 1. The van der Waals surface area contributed by atoms with Crippen molar-refractivity contribution in [1.82, 2.24) is 0 Å². The zero-order valence-corrected chi connectivity index (χ0v) is 23.8. The first kappa shape index (κ1) is 31.0. The van der Waals surface area contributed by atoms with E-state index in [0.29, 0.717) is 21.9 Å². The molecule has 2 aromatic carbocycles. The Kier molecular flexibility index (Phi) is 14.5. The highest BCUT2D eigenvalue weighted by Crippen LogP contribution is 2.22. The molecule has 0 radical (unpaired) electrons. The number of nitro groups is 1. The normalized spacial score (nSPS) is 12.4. The van der Waals surface area contributed by atoms with E-state index < -0.39 is 25.6 Å². The van der Waals surface area contributed by atoms with Gasteiger partial charge in [-0.2, -0.15) is 0 Å². The molecule has 0 fully saturated rings. The van der Waals surface area contributed by atoms with E-state index in [1.807, 2.05) is 0 Å². The maximum absolute atomic E-state index is 12.4. The fraction of sp³-hybridized carbons (Fsp3) is 0.571. The number of nitrogens with one attached hydrogen (secondary N) is 2. The maximum atomic E-state index is 12.4. The van der Waals surface area contributed by atoms with Crippen LogP contribution in [-0.4, -0.2) is 19.1 Å². The monoisotopic (exact) mass is 549 g/mol. The molecule has 0 heterocycles. The summed E-state index contributed by atoms with van der Waals surface area (Å²) < 4.78 is 36.0. The largest absolute Gasteiger partial charge is 0.284 e. The standard InChI is InChI=1S/C28H43N3O4S2/c1-2-3-4-5-6-7-8-9-10-11-12-13-14-15-24-37(34,35)30-25-16-20-27(21-17-25)36(29)28-22-18-26(19-23-28)31(32)33/h16-23,29-30H,2-15,24H2,1H3. The Morgan fingerprint density at radius 3 is 1.57 bits per heavy atom. The highest BCUT2D eigenvalue weighted by Gasteiger charge is 2.11. The summed E-state index contributed by atoms with van der Waals surface area (Å²) in [5, 5.41) is 10.8. The van der Waals surface area contributed by atoms with Gasteiger partial charge in [0.15, 0.2) is 0 Å². The molecule has 2 aromatic rings. The molecule has 37 heavy (non-hydrogen) atoms. The van der Waals surface area contributed by atoms with Crippen LogP contribution in [0.1, 0.15) is 96.8 Å². The molecule has 0 bridgehead atoms. The molecule has 1 unspecified atom stereocenters. The highest BCUT2D eigenvalue weighted by molar-refractivity contribution is 7.92. The maximum Gasteiger partial charge on any atom is 0.269 e. The summed E-state index contributed by atoms with van der Waals surface area (Å²) in [5.41, 5.74) is 0.471. The minimum absolute atomic E-state index is 0.00990. The van der Waals surface area contributed by atoms with Gasteiger partial charge in [-0.25, -0.2) is 8.42 Å². The number of sulfonamides is 1. The molecule has 0 saturated carbocycles. The van der Waals surface area contributed by atoms with E-state index in [4.69, 9.17) is 4.78 Å². The van der Waals surface area contributed by atoms with Crippen LogP contribution in [0.15, 0.2) is 58.3 Å². The van der Waals surface area contributed by atoms with E-state index in [2.05, 4.69) is 11.6 Å². The van der Waals surface area contributed by atoms with Gasteiger partial charge in [-0.1, -0.05) is 90.4 Å². The molecule has 0 aliphatic heterocycles. The van der Waals surface area contributed by atoms with Crippen molar-refractivity contribution in [2.75, 3.05) is 10.5 Å². The molecule has 2 N–H and O–H groups in total. The summed E-state index contributed by atoms with van der Waals surface area (Å²) in [6.07, 6.45) is 17.2. The molecule has 9 heteroatoms. The van der Waals surface area contributed by atoms with Crippen LogP contribution in [0.3, 0.4) is 0 Å². The van der Waals surface area contributed by atoms with E-state index in [1.165, 1.54) is 82.8 Å². The van der Waals surface area contributed by atoms with Crippen LogP contribution in [0.4, 0.5) is 11.4 Å². The zero-order chi connectivity index (χ0) is 26.9. The van der Waals surface area contributed by atoms with Crippen LogP contribution >= 0.6 is 0 Å². The molecule has 206 valence electrons. The van der Waals surface area contributed by atoms with Gasteiger partial charge >= 0.3 is 0 Å². The third-order valence-corrected chi connectivity index (χ3v) is 9.27. The lowest BCUT2D eigenvalue weighted by Crippen LogP contribution is -2.16. The number of anilines is 1. The van der Waals surface area contributed by atoms with Gasteiger partial charge in [0.05, 0.1) is 10.7 Å². The molecule has 0 spiro atoms. The van der Waals surface area contributed by atoms with Gasteiger partial charge < -0.3 is 0 Å². The second-order valence-electron chi connectivity index (χ2n) is 9.60. The van der Waals surface area contributed by atoms with Crippen molar-refractivity contribution in [3.63, 3.8) is 0 Å². The second-order valence-corrected chi connectivity index (χ2v) is 13.0. The van der Waals surface area contributed by atoms with Crippen LogP contribution in [0.2, 0.25) is 0 Å².